The fourth-order valence-corrected chi connectivity index (χ4v) is 2.65. The Hall–Kier alpha value is -2.12. The smallest absolute Gasteiger partial charge is 0.344 e. The number of carbonyl (C=O) groups excluding carboxylic acids is 2. The first kappa shape index (κ1) is 18.2. The summed E-state index contributed by atoms with van der Waals surface area (Å²) in [7, 11) is 0. The average Bonchev–Trinajstić information content (AvgIpc) is 2.80. The maximum Gasteiger partial charge on any atom is 0.344 e. The van der Waals surface area contributed by atoms with E-state index in [4.69, 9.17) is 33.3 Å². The average molecular weight is 369 g/mol. The van der Waals surface area contributed by atoms with E-state index in [1.165, 1.54) is 4.90 Å². The Morgan fingerprint density at radius 2 is 2.17 bits per heavy atom. The molecule has 0 radical (unpaired) electrons. The van der Waals surface area contributed by atoms with E-state index in [9.17, 15) is 9.59 Å². The van der Waals surface area contributed by atoms with Crippen LogP contribution in [0.25, 0.3) is 6.08 Å². The molecule has 0 spiro atoms. The molecule has 0 bridgehead atoms. The van der Waals surface area contributed by atoms with Crippen LogP contribution in [0.1, 0.15) is 19.4 Å². The Morgan fingerprint density at radius 1 is 1.42 bits per heavy atom. The lowest BCUT2D eigenvalue weighted by Gasteiger charge is -2.09. The summed E-state index contributed by atoms with van der Waals surface area (Å²) in [5, 5.41) is 3.59. The van der Waals surface area contributed by atoms with Gasteiger partial charge in [0.15, 0.2) is 11.7 Å². The van der Waals surface area contributed by atoms with E-state index in [2.05, 4.69) is 5.32 Å². The van der Waals surface area contributed by atoms with Gasteiger partial charge in [0.2, 0.25) is 0 Å². The number of ether oxygens (including phenoxy) is 2. The van der Waals surface area contributed by atoms with Gasteiger partial charge in [-0.1, -0.05) is 17.7 Å². The first-order valence-corrected chi connectivity index (χ1v) is 8.17. The summed E-state index contributed by atoms with van der Waals surface area (Å²) in [5.74, 6) is -0.279. The first-order valence-electron chi connectivity index (χ1n) is 7.38. The number of nitrogens with zero attached hydrogens (tertiary/aromatic N) is 1. The molecule has 0 aromatic heterocycles. The summed E-state index contributed by atoms with van der Waals surface area (Å²) >= 11 is 11.2. The number of halogens is 1. The van der Waals surface area contributed by atoms with Crippen LogP contribution in [0, 0.1) is 0 Å². The van der Waals surface area contributed by atoms with E-state index < -0.39 is 5.97 Å². The molecule has 1 fully saturated rings. The topological polar surface area (TPSA) is 67.9 Å². The number of esters is 1. The first-order chi connectivity index (χ1) is 11.5. The molecule has 1 aromatic carbocycles. The highest BCUT2D eigenvalue weighted by Crippen LogP contribution is 2.27. The van der Waals surface area contributed by atoms with Crippen LogP contribution in [-0.2, 0) is 14.3 Å². The van der Waals surface area contributed by atoms with Gasteiger partial charge in [0.1, 0.15) is 11.4 Å². The predicted molar refractivity (Wildman–Crippen MR) is 94.7 cm³/mol. The zero-order chi connectivity index (χ0) is 17.7. The van der Waals surface area contributed by atoms with Crippen molar-refractivity contribution in [3.05, 3.63) is 34.5 Å². The standard InChI is InChI=1S/C16H17ClN2O4S/c1-3-19-15(21)12(18-16(19)24)8-10-5-6-13(11(17)7-10)23-9-14(20)22-4-2/h5-8H,3-4,9H2,1-2H3,(H,18,24). The van der Waals surface area contributed by atoms with Crippen molar-refractivity contribution in [1.82, 2.24) is 10.2 Å². The molecule has 1 saturated heterocycles. The molecule has 1 aliphatic rings. The quantitative estimate of drug-likeness (QED) is 0.472. The van der Waals surface area contributed by atoms with Gasteiger partial charge in [0, 0.05) is 6.54 Å². The largest absolute Gasteiger partial charge is 0.480 e. The lowest BCUT2D eigenvalue weighted by atomic mass is 10.2. The number of thiocarbonyl (C=S) groups is 1. The van der Waals surface area contributed by atoms with Crippen molar-refractivity contribution in [3.8, 4) is 5.75 Å². The number of likely N-dealkylation sites (N-methyl/N-ethyl adjacent to an activating group) is 1. The Labute approximate surface area is 150 Å². The van der Waals surface area contributed by atoms with Gasteiger partial charge in [-0.15, -0.1) is 0 Å². The lowest BCUT2D eigenvalue weighted by Crippen LogP contribution is -2.30. The normalized spacial score (nSPS) is 15.6. The molecule has 0 aliphatic carbocycles. The second-order valence-electron chi connectivity index (χ2n) is 4.82. The predicted octanol–water partition coefficient (Wildman–Crippen LogP) is 2.36. The number of benzene rings is 1. The van der Waals surface area contributed by atoms with Crippen LogP contribution in [0.3, 0.4) is 0 Å². The molecule has 0 atom stereocenters. The van der Waals surface area contributed by atoms with E-state index in [1.54, 1.807) is 31.2 Å². The Balaban J connectivity index is 2.10. The summed E-state index contributed by atoms with van der Waals surface area (Å²) < 4.78 is 10.1. The van der Waals surface area contributed by atoms with Gasteiger partial charge in [-0.25, -0.2) is 4.79 Å². The monoisotopic (exact) mass is 368 g/mol. The fourth-order valence-electron chi connectivity index (χ4n) is 2.09. The van der Waals surface area contributed by atoms with Crippen molar-refractivity contribution in [2.45, 2.75) is 13.8 Å². The van der Waals surface area contributed by atoms with Crippen molar-refractivity contribution in [3.63, 3.8) is 0 Å². The Bertz CT molecular complexity index is 705. The molecular weight excluding hydrogens is 352 g/mol. The molecule has 0 saturated carbocycles. The molecule has 1 aromatic rings. The van der Waals surface area contributed by atoms with Crippen molar-refractivity contribution >= 4 is 46.9 Å². The van der Waals surface area contributed by atoms with Crippen LogP contribution in [0.2, 0.25) is 5.02 Å². The second kappa shape index (κ2) is 8.12. The molecule has 0 unspecified atom stereocenters. The van der Waals surface area contributed by atoms with Gasteiger partial charge in [0.25, 0.3) is 5.91 Å². The molecule has 1 N–H and O–H groups in total. The highest BCUT2D eigenvalue weighted by atomic mass is 35.5. The van der Waals surface area contributed by atoms with Crippen LogP contribution in [0.4, 0.5) is 0 Å². The van der Waals surface area contributed by atoms with E-state index in [0.29, 0.717) is 40.3 Å². The van der Waals surface area contributed by atoms with E-state index in [0.717, 1.165) is 0 Å². The number of carbonyl (C=O) groups is 2. The highest BCUT2D eigenvalue weighted by molar-refractivity contribution is 7.80. The van der Waals surface area contributed by atoms with Gasteiger partial charge in [-0.2, -0.15) is 0 Å². The highest BCUT2D eigenvalue weighted by Gasteiger charge is 2.28. The summed E-state index contributed by atoms with van der Waals surface area (Å²) in [6.45, 7) is 4.15. The third-order valence-electron chi connectivity index (χ3n) is 3.20. The minimum Gasteiger partial charge on any atom is -0.480 e. The second-order valence-corrected chi connectivity index (χ2v) is 5.62. The lowest BCUT2D eigenvalue weighted by molar-refractivity contribution is -0.145. The third-order valence-corrected chi connectivity index (χ3v) is 3.81. The minimum absolute atomic E-state index is 0.179. The van der Waals surface area contributed by atoms with Crippen molar-refractivity contribution in [2.24, 2.45) is 0 Å². The number of amides is 1. The molecule has 1 amide bonds. The molecular formula is C16H17ClN2O4S. The van der Waals surface area contributed by atoms with Crippen LogP contribution in [-0.4, -0.2) is 41.6 Å². The maximum atomic E-state index is 12.1. The SMILES string of the molecule is CCOC(=O)COc1ccc(C=C2NC(=S)N(CC)C2=O)cc1Cl. The van der Waals surface area contributed by atoms with Gasteiger partial charge in [-0.3, -0.25) is 9.69 Å². The Kier molecular flexibility index (Phi) is 6.16. The van der Waals surface area contributed by atoms with Crippen molar-refractivity contribution in [1.29, 1.82) is 0 Å². The molecule has 1 aliphatic heterocycles. The van der Waals surface area contributed by atoms with Crippen molar-refractivity contribution < 1.29 is 19.1 Å². The third kappa shape index (κ3) is 4.24. The minimum atomic E-state index is -0.464. The van der Waals surface area contributed by atoms with Crippen LogP contribution in [0.15, 0.2) is 23.9 Å². The zero-order valence-corrected chi connectivity index (χ0v) is 14.9. The number of hydrogen-bond acceptors (Lipinski definition) is 5. The number of hydrogen-bond donors (Lipinski definition) is 1. The van der Waals surface area contributed by atoms with Crippen LogP contribution >= 0.6 is 23.8 Å². The van der Waals surface area contributed by atoms with Crippen molar-refractivity contribution in [2.75, 3.05) is 19.8 Å². The van der Waals surface area contributed by atoms with Gasteiger partial charge in [-0.05, 0) is 49.8 Å². The molecule has 128 valence electrons. The van der Waals surface area contributed by atoms with E-state index >= 15 is 0 Å². The zero-order valence-electron chi connectivity index (χ0n) is 13.3. The number of rotatable bonds is 6. The summed E-state index contributed by atoms with van der Waals surface area (Å²) in [4.78, 5) is 24.9. The summed E-state index contributed by atoms with van der Waals surface area (Å²) in [5.41, 5.74) is 1.10. The van der Waals surface area contributed by atoms with Gasteiger partial charge >= 0.3 is 5.97 Å². The van der Waals surface area contributed by atoms with E-state index in [1.807, 2.05) is 6.92 Å². The fraction of sp³-hybridized carbons (Fsp3) is 0.312. The molecule has 6 nitrogen and oxygen atoms in total. The maximum absolute atomic E-state index is 12.1. The van der Waals surface area contributed by atoms with Gasteiger partial charge in [0.05, 0.1) is 11.6 Å². The van der Waals surface area contributed by atoms with Gasteiger partial charge < -0.3 is 14.8 Å². The Morgan fingerprint density at radius 3 is 2.75 bits per heavy atom. The van der Waals surface area contributed by atoms with Crippen LogP contribution in [0.5, 0.6) is 5.75 Å². The number of nitrogens with one attached hydrogen (secondary N) is 1. The molecule has 1 heterocycles. The molecule has 24 heavy (non-hydrogen) atoms. The summed E-state index contributed by atoms with van der Waals surface area (Å²) in [6, 6.07) is 5.00. The van der Waals surface area contributed by atoms with E-state index in [-0.39, 0.29) is 12.5 Å². The molecule has 8 heteroatoms. The molecule has 2 rings (SSSR count). The van der Waals surface area contributed by atoms with Crippen LogP contribution < -0.4 is 10.1 Å². The summed E-state index contributed by atoms with van der Waals surface area (Å²) in [6.07, 6.45) is 1.66.